The largest absolute Gasteiger partial charge is 0.478 e. The van der Waals surface area contributed by atoms with E-state index in [1.165, 1.54) is 0 Å². The first kappa shape index (κ1) is 17.4. The van der Waals surface area contributed by atoms with Crippen LogP contribution in [0.2, 0.25) is 0 Å². The topological polar surface area (TPSA) is 65.4 Å². The Balaban J connectivity index is 1.64. The van der Waals surface area contributed by atoms with Crippen molar-refractivity contribution < 1.29 is 9.90 Å². The van der Waals surface area contributed by atoms with E-state index in [-0.39, 0.29) is 0 Å². The number of H-pyrrole nitrogens is 1. The van der Waals surface area contributed by atoms with Gasteiger partial charge in [0, 0.05) is 38.9 Å². The first-order valence-corrected chi connectivity index (χ1v) is 10.4. The third-order valence-corrected chi connectivity index (χ3v) is 6.39. The fraction of sp³-hybridized carbons (Fsp3) is 0.0400. The van der Waals surface area contributed by atoms with Gasteiger partial charge in [-0.25, -0.2) is 4.79 Å². The first-order valence-electron chi connectivity index (χ1n) is 9.65. The molecule has 0 amide bonds. The molecule has 0 saturated carbocycles. The Morgan fingerprint density at radius 2 is 1.73 bits per heavy atom. The monoisotopic (exact) mass is 454 g/mol. The van der Waals surface area contributed by atoms with Crippen molar-refractivity contribution in [3.05, 3.63) is 88.0 Å². The number of aromatic amines is 1. The molecule has 0 spiro atoms. The van der Waals surface area contributed by atoms with Gasteiger partial charge in [0.15, 0.2) is 0 Å². The van der Waals surface area contributed by atoms with Crippen LogP contribution in [-0.2, 0) is 6.42 Å². The molecule has 1 aliphatic heterocycles. The summed E-state index contributed by atoms with van der Waals surface area (Å²) in [6, 6.07) is 19.8. The van der Waals surface area contributed by atoms with E-state index in [1.54, 1.807) is 12.1 Å². The maximum Gasteiger partial charge on any atom is 0.335 e. The molecular weight excluding hydrogens is 440 g/mol. The summed E-state index contributed by atoms with van der Waals surface area (Å²) in [5.74, 6) is -0.917. The minimum atomic E-state index is -0.917. The Morgan fingerprint density at radius 1 is 0.933 bits per heavy atom. The second kappa shape index (κ2) is 6.28. The molecule has 1 aromatic heterocycles. The molecule has 0 fully saturated rings. The van der Waals surface area contributed by atoms with E-state index in [4.69, 9.17) is 4.99 Å². The molecule has 1 aliphatic rings. The molecular formula is C25H15BrN2O2. The number of hydrogen-bond donors (Lipinski definition) is 2. The molecule has 0 atom stereocenters. The Hall–Kier alpha value is -3.44. The Labute approximate surface area is 180 Å². The molecule has 30 heavy (non-hydrogen) atoms. The summed E-state index contributed by atoms with van der Waals surface area (Å²) < 4.78 is 1.02. The third kappa shape index (κ3) is 2.45. The maximum atomic E-state index is 11.6. The molecule has 0 unspecified atom stereocenters. The van der Waals surface area contributed by atoms with Gasteiger partial charge in [-0.05, 0) is 52.1 Å². The molecule has 0 saturated heterocycles. The zero-order chi connectivity index (χ0) is 20.4. The van der Waals surface area contributed by atoms with Crippen LogP contribution in [0.3, 0.4) is 0 Å². The summed E-state index contributed by atoms with van der Waals surface area (Å²) >= 11 is 3.57. The van der Waals surface area contributed by atoms with E-state index in [2.05, 4.69) is 45.2 Å². The van der Waals surface area contributed by atoms with Crippen LogP contribution < -0.4 is 0 Å². The number of carbonyl (C=O) groups is 1. The van der Waals surface area contributed by atoms with Crippen LogP contribution in [0.15, 0.2) is 76.3 Å². The number of nitrogens with zero attached hydrogens (tertiary/aromatic N) is 1. The van der Waals surface area contributed by atoms with Gasteiger partial charge in [-0.3, -0.25) is 4.99 Å². The maximum absolute atomic E-state index is 11.6. The molecule has 2 heterocycles. The average molecular weight is 455 g/mol. The quantitative estimate of drug-likeness (QED) is 0.294. The lowest BCUT2D eigenvalue weighted by atomic mass is 9.92. The van der Waals surface area contributed by atoms with E-state index < -0.39 is 5.97 Å². The Bertz CT molecular complexity index is 1560. The van der Waals surface area contributed by atoms with Crippen LogP contribution in [0.25, 0.3) is 32.4 Å². The summed E-state index contributed by atoms with van der Waals surface area (Å²) in [5, 5.41) is 14.8. The van der Waals surface area contributed by atoms with Crippen LogP contribution in [-0.4, -0.2) is 21.8 Å². The lowest BCUT2D eigenvalue weighted by Gasteiger charge is -2.11. The lowest BCUT2D eigenvalue weighted by Crippen LogP contribution is -2.00. The van der Waals surface area contributed by atoms with Crippen LogP contribution in [0.1, 0.15) is 21.5 Å². The number of nitrogens with one attached hydrogen (secondary N) is 1. The van der Waals surface area contributed by atoms with E-state index >= 15 is 0 Å². The first-order chi connectivity index (χ1) is 14.6. The summed E-state index contributed by atoms with van der Waals surface area (Å²) in [6.07, 6.45) is 2.67. The van der Waals surface area contributed by atoms with Gasteiger partial charge in [-0.15, -0.1) is 0 Å². The minimum Gasteiger partial charge on any atom is -0.478 e. The molecule has 5 heteroatoms. The highest BCUT2D eigenvalue weighted by molar-refractivity contribution is 9.10. The fourth-order valence-corrected chi connectivity index (χ4v) is 4.87. The Morgan fingerprint density at radius 3 is 2.57 bits per heavy atom. The van der Waals surface area contributed by atoms with Crippen molar-refractivity contribution in [1.82, 2.24) is 4.98 Å². The standard InChI is InChI=1S/C25H15BrN2O2/c26-14-6-8-22-19(10-14)21(12-27-22)23-11-20-18-9-13(25(29)30)5-7-16(18)15-3-1-2-4-17(15)24(20)28-23/h1-10,12,27H,11H2,(H,29,30). The molecule has 4 aromatic carbocycles. The van der Waals surface area contributed by atoms with Gasteiger partial charge in [-0.1, -0.05) is 46.3 Å². The van der Waals surface area contributed by atoms with Gasteiger partial charge < -0.3 is 10.1 Å². The number of halogens is 1. The van der Waals surface area contributed by atoms with E-state index in [1.807, 2.05) is 30.5 Å². The van der Waals surface area contributed by atoms with Crippen molar-refractivity contribution in [3.8, 4) is 0 Å². The number of carboxylic acids is 1. The second-order valence-corrected chi connectivity index (χ2v) is 8.48. The van der Waals surface area contributed by atoms with Crippen LogP contribution in [0.5, 0.6) is 0 Å². The molecule has 0 radical (unpaired) electrons. The third-order valence-electron chi connectivity index (χ3n) is 5.90. The number of aromatic nitrogens is 1. The molecule has 0 bridgehead atoms. The summed E-state index contributed by atoms with van der Waals surface area (Å²) in [4.78, 5) is 20.0. The summed E-state index contributed by atoms with van der Waals surface area (Å²) in [7, 11) is 0. The molecule has 6 rings (SSSR count). The van der Waals surface area contributed by atoms with Gasteiger partial charge in [0.05, 0.1) is 17.0 Å². The summed E-state index contributed by atoms with van der Waals surface area (Å²) in [6.45, 7) is 0. The van der Waals surface area contributed by atoms with Crippen molar-refractivity contribution in [3.63, 3.8) is 0 Å². The van der Waals surface area contributed by atoms with Gasteiger partial charge in [-0.2, -0.15) is 0 Å². The van der Waals surface area contributed by atoms with Gasteiger partial charge in [0.2, 0.25) is 0 Å². The molecule has 5 aromatic rings. The smallest absolute Gasteiger partial charge is 0.335 e. The molecule has 0 aliphatic carbocycles. The van der Waals surface area contributed by atoms with E-state index in [9.17, 15) is 9.90 Å². The highest BCUT2D eigenvalue weighted by atomic mass is 79.9. The van der Waals surface area contributed by atoms with Gasteiger partial charge >= 0.3 is 5.97 Å². The van der Waals surface area contributed by atoms with Crippen molar-refractivity contribution >= 4 is 65.7 Å². The number of hydrogen-bond acceptors (Lipinski definition) is 2. The second-order valence-electron chi connectivity index (χ2n) is 7.57. The Kier molecular flexibility index (Phi) is 3.65. The number of benzene rings is 4. The highest BCUT2D eigenvalue weighted by Crippen LogP contribution is 2.43. The van der Waals surface area contributed by atoms with Crippen molar-refractivity contribution in [1.29, 1.82) is 0 Å². The van der Waals surface area contributed by atoms with Crippen LogP contribution in [0.4, 0.5) is 5.69 Å². The fourth-order valence-electron chi connectivity index (χ4n) is 4.51. The SMILES string of the molecule is O=C(O)c1ccc2c(c1)c1c(c3ccccc32)N=C(c2c[nH]c3ccc(Br)cc23)C1. The predicted molar refractivity (Wildman–Crippen MR) is 124 cm³/mol. The van der Waals surface area contributed by atoms with Gasteiger partial charge in [0.25, 0.3) is 0 Å². The number of aliphatic imine (C=N–C) groups is 1. The van der Waals surface area contributed by atoms with Gasteiger partial charge in [0.1, 0.15) is 0 Å². The van der Waals surface area contributed by atoms with Crippen molar-refractivity contribution in [2.75, 3.05) is 0 Å². The minimum absolute atomic E-state index is 0.296. The predicted octanol–water partition coefficient (Wildman–Crippen LogP) is 6.61. The number of rotatable bonds is 2. The number of fused-ring (bicyclic) bond motifs is 7. The number of carboxylic acid groups (broad SMARTS) is 1. The highest BCUT2D eigenvalue weighted by Gasteiger charge is 2.24. The summed E-state index contributed by atoms with van der Waals surface area (Å²) in [5.41, 5.74) is 5.46. The average Bonchev–Trinajstić information content (AvgIpc) is 3.37. The molecule has 2 N–H and O–H groups in total. The zero-order valence-corrected chi connectivity index (χ0v) is 17.3. The number of aromatic carboxylic acids is 1. The zero-order valence-electron chi connectivity index (χ0n) is 15.7. The molecule has 4 nitrogen and oxygen atoms in total. The van der Waals surface area contributed by atoms with E-state index in [0.717, 1.165) is 59.4 Å². The van der Waals surface area contributed by atoms with E-state index in [0.29, 0.717) is 12.0 Å². The van der Waals surface area contributed by atoms with Crippen LogP contribution in [0, 0.1) is 0 Å². The van der Waals surface area contributed by atoms with Crippen LogP contribution >= 0.6 is 15.9 Å². The molecule has 144 valence electrons. The van der Waals surface area contributed by atoms with Crippen molar-refractivity contribution in [2.45, 2.75) is 6.42 Å². The lowest BCUT2D eigenvalue weighted by molar-refractivity contribution is 0.0697. The normalized spacial score (nSPS) is 13.2. The van der Waals surface area contributed by atoms with Crippen molar-refractivity contribution in [2.24, 2.45) is 4.99 Å².